The molecule has 0 aromatic heterocycles. The Kier molecular flexibility index (Phi) is 4.80. The average Bonchev–Trinajstić information content (AvgIpc) is 3.32. The minimum absolute atomic E-state index is 0.224. The van der Waals surface area contributed by atoms with Gasteiger partial charge < -0.3 is 10.2 Å². The monoisotopic (exact) mass is 308 g/mol. The molecule has 1 atom stereocenters. The Morgan fingerprint density at radius 2 is 2.10 bits per heavy atom. The van der Waals surface area contributed by atoms with Crippen LogP contribution in [0.3, 0.4) is 0 Å². The van der Waals surface area contributed by atoms with Crippen molar-refractivity contribution >= 4 is 17.7 Å². The molecule has 1 saturated heterocycles. The summed E-state index contributed by atoms with van der Waals surface area (Å²) in [5.41, 5.74) is 1.00. The summed E-state index contributed by atoms with van der Waals surface area (Å²) in [6.45, 7) is 1.59. The van der Waals surface area contributed by atoms with Gasteiger partial charge in [0.25, 0.3) is 0 Å². The fraction of sp³-hybridized carbons (Fsp3) is 0.562. The summed E-state index contributed by atoms with van der Waals surface area (Å²) in [6, 6.07) is 7.15. The molecule has 1 heterocycles. The van der Waals surface area contributed by atoms with Crippen molar-refractivity contribution in [3.05, 3.63) is 35.6 Å². The molecule has 3 rings (SSSR count). The Hall–Kier alpha value is -1.07. The van der Waals surface area contributed by atoms with Crippen molar-refractivity contribution in [1.82, 2.24) is 10.2 Å². The molecule has 3 nitrogen and oxygen atoms in total. The van der Waals surface area contributed by atoms with Crippen LogP contribution in [0.4, 0.5) is 4.39 Å². The van der Waals surface area contributed by atoms with E-state index in [1.165, 1.54) is 12.1 Å². The molecule has 1 saturated carbocycles. The zero-order valence-corrected chi connectivity index (χ0v) is 12.9. The molecule has 1 amide bonds. The van der Waals surface area contributed by atoms with Crippen molar-refractivity contribution in [1.29, 1.82) is 0 Å². The second-order valence-corrected chi connectivity index (χ2v) is 6.96. The molecule has 1 aromatic rings. The van der Waals surface area contributed by atoms with Crippen LogP contribution in [0.1, 0.15) is 24.8 Å². The maximum absolute atomic E-state index is 13.0. The zero-order chi connectivity index (χ0) is 14.7. The van der Waals surface area contributed by atoms with Gasteiger partial charge in [0.1, 0.15) is 5.82 Å². The maximum atomic E-state index is 13.0. The van der Waals surface area contributed by atoms with E-state index in [0.29, 0.717) is 25.0 Å². The van der Waals surface area contributed by atoms with Crippen LogP contribution in [0.2, 0.25) is 0 Å². The van der Waals surface area contributed by atoms with E-state index in [1.807, 2.05) is 16.7 Å². The molecular formula is C16H21FN2OS. The van der Waals surface area contributed by atoms with Crippen LogP contribution in [0.25, 0.3) is 0 Å². The standard InChI is InChI=1S/C16H21FN2OS/c17-13-3-1-12(2-4-13)10-19(15-5-6-15)16(20)9-14-11-21-8-7-18-14/h1-4,14-15,18H,5-11H2. The molecule has 1 aromatic carbocycles. The van der Waals surface area contributed by atoms with Crippen molar-refractivity contribution in [2.45, 2.75) is 37.9 Å². The Bertz CT molecular complexity index is 484. The summed E-state index contributed by atoms with van der Waals surface area (Å²) in [5.74, 6) is 2.14. The topological polar surface area (TPSA) is 32.3 Å². The van der Waals surface area contributed by atoms with Crippen molar-refractivity contribution < 1.29 is 9.18 Å². The van der Waals surface area contributed by atoms with Crippen molar-refractivity contribution in [3.8, 4) is 0 Å². The summed E-state index contributed by atoms with van der Waals surface area (Å²) in [6.07, 6.45) is 2.77. The third-order valence-corrected chi connectivity index (χ3v) is 5.12. The van der Waals surface area contributed by atoms with Gasteiger partial charge in [0.2, 0.25) is 5.91 Å². The fourth-order valence-corrected chi connectivity index (χ4v) is 3.62. The number of amides is 1. The van der Waals surface area contributed by atoms with Crippen molar-refractivity contribution in [3.63, 3.8) is 0 Å². The van der Waals surface area contributed by atoms with Gasteiger partial charge in [0, 0.05) is 43.1 Å². The number of hydrogen-bond acceptors (Lipinski definition) is 3. The lowest BCUT2D eigenvalue weighted by Crippen LogP contribution is -2.43. The number of nitrogens with zero attached hydrogens (tertiary/aromatic N) is 1. The van der Waals surface area contributed by atoms with Crippen molar-refractivity contribution in [2.75, 3.05) is 18.1 Å². The van der Waals surface area contributed by atoms with Gasteiger partial charge in [-0.2, -0.15) is 11.8 Å². The summed E-state index contributed by atoms with van der Waals surface area (Å²) in [7, 11) is 0. The number of nitrogens with one attached hydrogen (secondary N) is 1. The van der Waals surface area contributed by atoms with E-state index in [4.69, 9.17) is 0 Å². The second kappa shape index (κ2) is 6.79. The molecule has 0 radical (unpaired) electrons. The van der Waals surface area contributed by atoms with E-state index in [9.17, 15) is 9.18 Å². The zero-order valence-electron chi connectivity index (χ0n) is 12.1. The van der Waals surface area contributed by atoms with Gasteiger partial charge in [-0.1, -0.05) is 12.1 Å². The van der Waals surface area contributed by atoms with Gasteiger partial charge in [-0.05, 0) is 30.5 Å². The maximum Gasteiger partial charge on any atom is 0.224 e. The third kappa shape index (κ3) is 4.20. The average molecular weight is 308 g/mol. The highest BCUT2D eigenvalue weighted by molar-refractivity contribution is 7.99. The van der Waals surface area contributed by atoms with Gasteiger partial charge >= 0.3 is 0 Å². The lowest BCUT2D eigenvalue weighted by atomic mass is 10.1. The molecule has 1 unspecified atom stereocenters. The smallest absolute Gasteiger partial charge is 0.224 e. The lowest BCUT2D eigenvalue weighted by molar-refractivity contribution is -0.132. The largest absolute Gasteiger partial charge is 0.335 e. The second-order valence-electron chi connectivity index (χ2n) is 5.81. The molecule has 1 aliphatic carbocycles. The summed E-state index contributed by atoms with van der Waals surface area (Å²) in [5, 5.41) is 3.42. The predicted octanol–water partition coefficient (Wildman–Crippen LogP) is 2.41. The third-order valence-electron chi connectivity index (χ3n) is 3.99. The number of rotatable bonds is 5. The number of carbonyl (C=O) groups is 1. The first-order valence-corrected chi connectivity index (χ1v) is 8.73. The Morgan fingerprint density at radius 1 is 1.33 bits per heavy atom. The Balaban J connectivity index is 1.60. The number of thioether (sulfide) groups is 1. The van der Waals surface area contributed by atoms with Crippen LogP contribution < -0.4 is 5.32 Å². The summed E-state index contributed by atoms with van der Waals surface area (Å²) < 4.78 is 13.0. The van der Waals surface area contributed by atoms with Crippen LogP contribution in [0, 0.1) is 5.82 Å². The molecule has 1 N–H and O–H groups in total. The van der Waals surface area contributed by atoms with Gasteiger partial charge in [-0.15, -0.1) is 0 Å². The minimum atomic E-state index is -0.230. The van der Waals surface area contributed by atoms with Crippen LogP contribution in [0.15, 0.2) is 24.3 Å². The molecule has 21 heavy (non-hydrogen) atoms. The molecule has 2 fully saturated rings. The van der Waals surface area contributed by atoms with E-state index >= 15 is 0 Å². The predicted molar refractivity (Wildman–Crippen MR) is 83.7 cm³/mol. The number of hydrogen-bond donors (Lipinski definition) is 1. The summed E-state index contributed by atoms with van der Waals surface area (Å²) >= 11 is 1.91. The first kappa shape index (κ1) is 14.9. The SMILES string of the molecule is O=C(CC1CSCCN1)N(Cc1ccc(F)cc1)C1CC1. The van der Waals surface area contributed by atoms with Gasteiger partial charge in [0.05, 0.1) is 0 Å². The van der Waals surface area contributed by atoms with Crippen LogP contribution >= 0.6 is 11.8 Å². The molecule has 0 bridgehead atoms. The van der Waals surface area contributed by atoms with Crippen LogP contribution in [-0.4, -0.2) is 40.9 Å². The normalized spacial score (nSPS) is 22.0. The highest BCUT2D eigenvalue weighted by Crippen LogP contribution is 2.29. The van der Waals surface area contributed by atoms with Crippen LogP contribution in [0.5, 0.6) is 0 Å². The highest BCUT2D eigenvalue weighted by Gasteiger charge is 2.33. The summed E-state index contributed by atoms with van der Waals surface area (Å²) in [4.78, 5) is 14.5. The first-order chi connectivity index (χ1) is 10.2. The highest BCUT2D eigenvalue weighted by atomic mass is 32.2. The number of halogens is 1. The molecule has 2 aliphatic rings. The Labute approximate surface area is 129 Å². The van der Waals surface area contributed by atoms with Crippen LogP contribution in [-0.2, 0) is 11.3 Å². The molecule has 114 valence electrons. The van der Waals surface area contributed by atoms with E-state index in [-0.39, 0.29) is 11.7 Å². The van der Waals surface area contributed by atoms with E-state index in [1.54, 1.807) is 12.1 Å². The number of benzene rings is 1. The lowest BCUT2D eigenvalue weighted by Gasteiger charge is -2.27. The van der Waals surface area contributed by atoms with Gasteiger partial charge in [-0.25, -0.2) is 4.39 Å². The van der Waals surface area contributed by atoms with Gasteiger partial charge in [-0.3, -0.25) is 4.79 Å². The molecule has 1 aliphatic heterocycles. The molecule has 5 heteroatoms. The molecule has 0 spiro atoms. The van der Waals surface area contributed by atoms with Crippen molar-refractivity contribution in [2.24, 2.45) is 0 Å². The first-order valence-electron chi connectivity index (χ1n) is 7.57. The van der Waals surface area contributed by atoms with Gasteiger partial charge in [0.15, 0.2) is 0 Å². The number of carbonyl (C=O) groups excluding carboxylic acids is 1. The Morgan fingerprint density at radius 3 is 2.71 bits per heavy atom. The minimum Gasteiger partial charge on any atom is -0.335 e. The van der Waals surface area contributed by atoms with E-state index < -0.39 is 0 Å². The fourth-order valence-electron chi connectivity index (χ4n) is 2.67. The quantitative estimate of drug-likeness (QED) is 0.906. The molecular weight excluding hydrogens is 287 g/mol. The van der Waals surface area contributed by atoms with E-state index in [0.717, 1.165) is 36.5 Å². The van der Waals surface area contributed by atoms with E-state index in [2.05, 4.69) is 5.32 Å².